The largest absolute Gasteiger partial charge is 0.456 e. The Morgan fingerprint density at radius 2 is 1.93 bits per heavy atom. The molecular formula is C12H15IO2. The molecule has 0 saturated heterocycles. The van der Waals surface area contributed by atoms with Crippen LogP contribution in [-0.4, -0.2) is 11.6 Å². The molecule has 0 bridgehead atoms. The van der Waals surface area contributed by atoms with Crippen molar-refractivity contribution in [2.45, 2.75) is 33.3 Å². The van der Waals surface area contributed by atoms with E-state index in [-0.39, 0.29) is 5.97 Å². The summed E-state index contributed by atoms with van der Waals surface area (Å²) >= 11 is 2.24. The predicted octanol–water partition coefficient (Wildman–Crippen LogP) is 3.55. The lowest BCUT2D eigenvalue weighted by Gasteiger charge is -2.19. The van der Waals surface area contributed by atoms with Crippen LogP contribution in [0.3, 0.4) is 0 Å². The van der Waals surface area contributed by atoms with Gasteiger partial charge < -0.3 is 4.74 Å². The fourth-order valence-electron chi connectivity index (χ4n) is 1.11. The predicted molar refractivity (Wildman–Crippen MR) is 69.1 cm³/mol. The standard InChI is InChI=1S/C12H15IO2/c1-8-7-9(5-6-10(8)13)11(14)15-12(2,3)4/h5-7H,1-4H3. The van der Waals surface area contributed by atoms with Gasteiger partial charge in [-0.2, -0.15) is 0 Å². The number of aryl methyl sites for hydroxylation is 1. The van der Waals surface area contributed by atoms with Crippen LogP contribution in [0, 0.1) is 10.5 Å². The molecule has 0 saturated carbocycles. The van der Waals surface area contributed by atoms with Gasteiger partial charge in [0, 0.05) is 3.57 Å². The molecule has 0 atom stereocenters. The summed E-state index contributed by atoms with van der Waals surface area (Å²) < 4.78 is 6.43. The zero-order valence-corrected chi connectivity index (χ0v) is 11.6. The number of rotatable bonds is 1. The Kier molecular flexibility index (Phi) is 3.76. The average Bonchev–Trinajstić information content (AvgIpc) is 2.06. The number of ether oxygens (including phenoxy) is 1. The van der Waals surface area contributed by atoms with E-state index in [4.69, 9.17) is 4.74 Å². The molecule has 3 heteroatoms. The molecule has 82 valence electrons. The zero-order chi connectivity index (χ0) is 11.6. The lowest BCUT2D eigenvalue weighted by molar-refractivity contribution is 0.00694. The number of carbonyl (C=O) groups excluding carboxylic acids is 1. The molecule has 0 N–H and O–H groups in total. The maximum Gasteiger partial charge on any atom is 0.338 e. The van der Waals surface area contributed by atoms with Crippen molar-refractivity contribution >= 4 is 28.6 Å². The van der Waals surface area contributed by atoms with Gasteiger partial charge in [0.25, 0.3) is 0 Å². The van der Waals surface area contributed by atoms with Crippen LogP contribution in [0.1, 0.15) is 36.7 Å². The number of carbonyl (C=O) groups is 1. The molecule has 0 radical (unpaired) electrons. The zero-order valence-electron chi connectivity index (χ0n) is 9.43. The highest BCUT2D eigenvalue weighted by atomic mass is 127. The first-order valence-corrected chi connectivity index (χ1v) is 5.87. The SMILES string of the molecule is Cc1cc(C(=O)OC(C)(C)C)ccc1I. The fourth-order valence-corrected chi connectivity index (χ4v) is 1.44. The summed E-state index contributed by atoms with van der Waals surface area (Å²) in [6.45, 7) is 7.58. The van der Waals surface area contributed by atoms with Gasteiger partial charge in [-0.15, -0.1) is 0 Å². The number of benzene rings is 1. The molecule has 0 heterocycles. The quantitative estimate of drug-likeness (QED) is 0.585. The van der Waals surface area contributed by atoms with E-state index in [9.17, 15) is 4.79 Å². The van der Waals surface area contributed by atoms with E-state index in [0.717, 1.165) is 9.13 Å². The molecule has 0 unspecified atom stereocenters. The molecule has 0 aliphatic heterocycles. The van der Waals surface area contributed by atoms with Crippen molar-refractivity contribution in [1.29, 1.82) is 0 Å². The summed E-state index contributed by atoms with van der Waals surface area (Å²) in [5, 5.41) is 0. The van der Waals surface area contributed by atoms with E-state index in [1.54, 1.807) is 6.07 Å². The van der Waals surface area contributed by atoms with Crippen LogP contribution in [0.5, 0.6) is 0 Å². The number of halogens is 1. The van der Waals surface area contributed by atoms with Crippen LogP contribution in [0.25, 0.3) is 0 Å². The fraction of sp³-hybridized carbons (Fsp3) is 0.417. The van der Waals surface area contributed by atoms with E-state index in [0.29, 0.717) is 5.56 Å². The van der Waals surface area contributed by atoms with Crippen LogP contribution in [0.2, 0.25) is 0 Å². The molecule has 0 aliphatic carbocycles. The monoisotopic (exact) mass is 318 g/mol. The van der Waals surface area contributed by atoms with E-state index >= 15 is 0 Å². The van der Waals surface area contributed by atoms with Gasteiger partial charge in [0.2, 0.25) is 0 Å². The third-order valence-electron chi connectivity index (χ3n) is 1.79. The highest BCUT2D eigenvalue weighted by Gasteiger charge is 2.17. The van der Waals surface area contributed by atoms with Crippen LogP contribution in [-0.2, 0) is 4.74 Å². The highest BCUT2D eigenvalue weighted by molar-refractivity contribution is 14.1. The van der Waals surface area contributed by atoms with Crippen molar-refractivity contribution < 1.29 is 9.53 Å². The molecule has 0 fully saturated rings. The van der Waals surface area contributed by atoms with Crippen molar-refractivity contribution in [2.75, 3.05) is 0 Å². The van der Waals surface area contributed by atoms with Gasteiger partial charge in [-0.05, 0) is 74.0 Å². The normalized spacial score (nSPS) is 11.3. The summed E-state index contributed by atoms with van der Waals surface area (Å²) in [4.78, 5) is 11.7. The number of hydrogen-bond acceptors (Lipinski definition) is 2. The molecular weight excluding hydrogens is 303 g/mol. The Bertz CT molecular complexity index is 378. The lowest BCUT2D eigenvalue weighted by Crippen LogP contribution is -2.23. The second-order valence-electron chi connectivity index (χ2n) is 4.47. The maximum atomic E-state index is 11.7. The van der Waals surface area contributed by atoms with Gasteiger partial charge >= 0.3 is 5.97 Å². The van der Waals surface area contributed by atoms with Crippen molar-refractivity contribution in [2.24, 2.45) is 0 Å². The van der Waals surface area contributed by atoms with E-state index in [1.165, 1.54) is 0 Å². The molecule has 15 heavy (non-hydrogen) atoms. The molecule has 0 spiro atoms. The van der Waals surface area contributed by atoms with Crippen molar-refractivity contribution in [1.82, 2.24) is 0 Å². The minimum Gasteiger partial charge on any atom is -0.456 e. The Morgan fingerprint density at radius 3 is 2.40 bits per heavy atom. The second kappa shape index (κ2) is 4.51. The summed E-state index contributed by atoms with van der Waals surface area (Å²) in [5.74, 6) is -0.262. The maximum absolute atomic E-state index is 11.7. The van der Waals surface area contributed by atoms with Gasteiger partial charge in [-0.1, -0.05) is 0 Å². The van der Waals surface area contributed by atoms with Gasteiger partial charge in [-0.3, -0.25) is 0 Å². The molecule has 0 aliphatic rings. The first kappa shape index (κ1) is 12.5. The summed E-state index contributed by atoms with van der Waals surface area (Å²) in [6.07, 6.45) is 0. The minimum atomic E-state index is -0.437. The average molecular weight is 318 g/mol. The summed E-state index contributed by atoms with van der Waals surface area (Å²) in [6, 6.07) is 5.58. The highest BCUT2D eigenvalue weighted by Crippen LogP contribution is 2.16. The molecule has 1 aromatic carbocycles. The van der Waals surface area contributed by atoms with E-state index < -0.39 is 5.60 Å². The van der Waals surface area contributed by atoms with Crippen LogP contribution in [0.15, 0.2) is 18.2 Å². The molecule has 0 amide bonds. The smallest absolute Gasteiger partial charge is 0.338 e. The topological polar surface area (TPSA) is 26.3 Å². The molecule has 2 nitrogen and oxygen atoms in total. The van der Waals surface area contributed by atoms with Gasteiger partial charge in [0.05, 0.1) is 5.56 Å². The van der Waals surface area contributed by atoms with Gasteiger partial charge in [0.1, 0.15) is 5.60 Å². The van der Waals surface area contributed by atoms with E-state index in [2.05, 4.69) is 22.6 Å². The first-order chi connectivity index (χ1) is 6.79. The van der Waals surface area contributed by atoms with Gasteiger partial charge in [-0.25, -0.2) is 4.79 Å². The van der Waals surface area contributed by atoms with Crippen molar-refractivity contribution in [3.63, 3.8) is 0 Å². The Morgan fingerprint density at radius 1 is 1.33 bits per heavy atom. The third kappa shape index (κ3) is 3.81. The molecule has 1 aromatic rings. The Balaban J connectivity index is 2.88. The Hall–Kier alpha value is -0.580. The van der Waals surface area contributed by atoms with Crippen LogP contribution in [0.4, 0.5) is 0 Å². The number of hydrogen-bond donors (Lipinski definition) is 0. The van der Waals surface area contributed by atoms with Crippen molar-refractivity contribution in [3.05, 3.63) is 32.9 Å². The van der Waals surface area contributed by atoms with Gasteiger partial charge in [0.15, 0.2) is 0 Å². The second-order valence-corrected chi connectivity index (χ2v) is 5.63. The minimum absolute atomic E-state index is 0.262. The Labute approximate surface area is 104 Å². The molecule has 1 rings (SSSR count). The van der Waals surface area contributed by atoms with Crippen molar-refractivity contribution in [3.8, 4) is 0 Å². The third-order valence-corrected chi connectivity index (χ3v) is 3.00. The number of esters is 1. The first-order valence-electron chi connectivity index (χ1n) is 4.79. The summed E-state index contributed by atoms with van der Waals surface area (Å²) in [5.41, 5.74) is 1.27. The van der Waals surface area contributed by atoms with Crippen LogP contribution >= 0.6 is 22.6 Å². The summed E-state index contributed by atoms with van der Waals surface area (Å²) in [7, 11) is 0. The molecule has 0 aromatic heterocycles. The van der Waals surface area contributed by atoms with E-state index in [1.807, 2.05) is 39.8 Å². The van der Waals surface area contributed by atoms with Crippen LogP contribution < -0.4 is 0 Å². The lowest BCUT2D eigenvalue weighted by atomic mass is 10.1.